The van der Waals surface area contributed by atoms with Gasteiger partial charge in [0.2, 0.25) is 5.56 Å². The van der Waals surface area contributed by atoms with E-state index < -0.39 is 0 Å². The van der Waals surface area contributed by atoms with Gasteiger partial charge in [-0.05, 0) is 18.9 Å². The van der Waals surface area contributed by atoms with Crippen LogP contribution in [0.3, 0.4) is 0 Å². The first-order chi connectivity index (χ1) is 7.22. The molecule has 0 bridgehead atoms. The molecular weight excluding hydrogens is 192 g/mol. The maximum Gasteiger partial charge on any atom is 0.248 e. The third-order valence-corrected chi connectivity index (χ3v) is 2.20. The van der Waals surface area contributed by atoms with Gasteiger partial charge in [0, 0.05) is 17.3 Å². The molecule has 0 spiro atoms. The molecule has 1 aromatic heterocycles. The van der Waals surface area contributed by atoms with Crippen molar-refractivity contribution in [2.75, 3.05) is 7.11 Å². The number of oxime groups is 1. The van der Waals surface area contributed by atoms with Gasteiger partial charge in [-0.15, -0.1) is 0 Å². The highest BCUT2D eigenvalue weighted by Gasteiger charge is 2.07. The highest BCUT2D eigenvalue weighted by molar-refractivity contribution is 6.00. The molecule has 1 N–H and O–H groups in total. The number of hydrogen-bond acceptors (Lipinski definition) is 3. The topological polar surface area (TPSA) is 54.4 Å². The summed E-state index contributed by atoms with van der Waals surface area (Å²) in [6, 6.07) is 3.30. The summed E-state index contributed by atoms with van der Waals surface area (Å²) in [7, 11) is 1.52. The Kier molecular flexibility index (Phi) is 4.09. The second-order valence-electron chi connectivity index (χ2n) is 3.14. The molecule has 82 valence electrons. The molecule has 4 heteroatoms. The van der Waals surface area contributed by atoms with Crippen LogP contribution in [0.1, 0.15) is 31.5 Å². The van der Waals surface area contributed by atoms with Crippen LogP contribution in [-0.2, 0) is 11.3 Å². The van der Waals surface area contributed by atoms with Gasteiger partial charge in [-0.25, -0.2) is 0 Å². The van der Waals surface area contributed by atoms with Crippen molar-refractivity contribution in [3.8, 4) is 0 Å². The van der Waals surface area contributed by atoms with Crippen molar-refractivity contribution in [3.05, 3.63) is 33.7 Å². The molecule has 0 aromatic carbocycles. The van der Waals surface area contributed by atoms with E-state index in [4.69, 9.17) is 4.84 Å². The number of nitrogens with one attached hydrogen (secondary N) is 1. The Morgan fingerprint density at radius 2 is 2.20 bits per heavy atom. The molecule has 0 amide bonds. The minimum Gasteiger partial charge on any atom is -0.399 e. The van der Waals surface area contributed by atoms with Crippen molar-refractivity contribution in [2.24, 2.45) is 5.16 Å². The van der Waals surface area contributed by atoms with Crippen LogP contribution in [0.2, 0.25) is 0 Å². The lowest BCUT2D eigenvalue weighted by molar-refractivity contribution is 0.213. The standard InChI is InChI=1S/C11H16N2O2/c1-4-9-8(6-7-11(14)12-9)10(5-2)13-15-3/h6-7H,4-5H2,1-3H3,(H,12,14). The van der Waals surface area contributed by atoms with Crippen molar-refractivity contribution >= 4 is 5.71 Å². The molecule has 0 aliphatic carbocycles. The number of H-pyrrole nitrogens is 1. The van der Waals surface area contributed by atoms with Gasteiger partial charge >= 0.3 is 0 Å². The lowest BCUT2D eigenvalue weighted by Crippen LogP contribution is -2.13. The van der Waals surface area contributed by atoms with Gasteiger partial charge in [0.25, 0.3) is 0 Å². The van der Waals surface area contributed by atoms with Gasteiger partial charge in [-0.3, -0.25) is 4.79 Å². The fourth-order valence-electron chi connectivity index (χ4n) is 1.48. The van der Waals surface area contributed by atoms with Crippen molar-refractivity contribution in [2.45, 2.75) is 26.7 Å². The van der Waals surface area contributed by atoms with Gasteiger partial charge in [-0.1, -0.05) is 19.0 Å². The fourth-order valence-corrected chi connectivity index (χ4v) is 1.48. The Balaban J connectivity index is 3.23. The number of aromatic nitrogens is 1. The average molecular weight is 208 g/mol. The van der Waals surface area contributed by atoms with Gasteiger partial charge < -0.3 is 9.82 Å². The molecule has 1 rings (SSSR count). The Hall–Kier alpha value is -1.58. The van der Waals surface area contributed by atoms with Crippen LogP contribution >= 0.6 is 0 Å². The van der Waals surface area contributed by atoms with Crippen LogP contribution in [0.15, 0.2) is 22.1 Å². The van der Waals surface area contributed by atoms with Crippen LogP contribution < -0.4 is 5.56 Å². The summed E-state index contributed by atoms with van der Waals surface area (Å²) in [6.07, 6.45) is 1.54. The Morgan fingerprint density at radius 3 is 2.73 bits per heavy atom. The molecule has 1 aromatic rings. The van der Waals surface area contributed by atoms with Crippen LogP contribution in [-0.4, -0.2) is 17.8 Å². The number of hydrogen-bond donors (Lipinski definition) is 1. The summed E-state index contributed by atoms with van der Waals surface area (Å²) in [5.74, 6) is 0. The van der Waals surface area contributed by atoms with Crippen LogP contribution in [0.25, 0.3) is 0 Å². The van der Waals surface area contributed by atoms with Crippen molar-refractivity contribution < 1.29 is 4.84 Å². The minimum absolute atomic E-state index is 0.0801. The summed E-state index contributed by atoms with van der Waals surface area (Å²) in [4.78, 5) is 18.7. The summed E-state index contributed by atoms with van der Waals surface area (Å²) in [5.41, 5.74) is 2.63. The fraction of sp³-hybridized carbons (Fsp3) is 0.455. The van der Waals surface area contributed by atoms with Crippen molar-refractivity contribution in [3.63, 3.8) is 0 Å². The third-order valence-electron chi connectivity index (χ3n) is 2.20. The van der Waals surface area contributed by atoms with Crippen LogP contribution in [0.5, 0.6) is 0 Å². The zero-order valence-electron chi connectivity index (χ0n) is 9.33. The normalized spacial score (nSPS) is 11.5. The maximum absolute atomic E-state index is 11.1. The smallest absolute Gasteiger partial charge is 0.248 e. The van der Waals surface area contributed by atoms with Gasteiger partial charge in [-0.2, -0.15) is 0 Å². The number of rotatable bonds is 4. The SMILES string of the molecule is CCC(=NOC)c1ccc(=O)[nH]c1CC. The Bertz CT molecular complexity index is 407. The summed E-state index contributed by atoms with van der Waals surface area (Å²) in [5, 5.41) is 3.95. The molecule has 15 heavy (non-hydrogen) atoms. The summed E-state index contributed by atoms with van der Waals surface area (Å²) >= 11 is 0. The van der Waals surface area contributed by atoms with E-state index in [0.29, 0.717) is 0 Å². The molecule has 0 atom stereocenters. The first-order valence-electron chi connectivity index (χ1n) is 5.05. The molecular formula is C11H16N2O2. The molecule has 0 unspecified atom stereocenters. The van der Waals surface area contributed by atoms with E-state index >= 15 is 0 Å². The van der Waals surface area contributed by atoms with Crippen LogP contribution in [0.4, 0.5) is 0 Å². The predicted molar refractivity (Wildman–Crippen MR) is 60.3 cm³/mol. The first kappa shape index (κ1) is 11.5. The average Bonchev–Trinajstić information content (AvgIpc) is 2.26. The lowest BCUT2D eigenvalue weighted by atomic mass is 10.1. The van der Waals surface area contributed by atoms with Crippen LogP contribution in [0, 0.1) is 0 Å². The van der Waals surface area contributed by atoms with E-state index in [1.54, 1.807) is 6.07 Å². The zero-order chi connectivity index (χ0) is 11.3. The lowest BCUT2D eigenvalue weighted by Gasteiger charge is -2.07. The maximum atomic E-state index is 11.1. The van der Waals surface area contributed by atoms with E-state index in [2.05, 4.69) is 10.1 Å². The number of pyridine rings is 1. The van der Waals surface area contributed by atoms with E-state index in [0.717, 1.165) is 29.8 Å². The minimum atomic E-state index is -0.0801. The first-order valence-corrected chi connectivity index (χ1v) is 5.05. The summed E-state index contributed by atoms with van der Waals surface area (Å²) in [6.45, 7) is 4.00. The number of aromatic amines is 1. The van der Waals surface area contributed by atoms with Gasteiger partial charge in [0.1, 0.15) is 7.11 Å². The third kappa shape index (κ3) is 2.68. The molecule has 0 aliphatic rings. The monoisotopic (exact) mass is 208 g/mol. The molecule has 4 nitrogen and oxygen atoms in total. The number of nitrogens with zero attached hydrogens (tertiary/aromatic N) is 1. The predicted octanol–water partition coefficient (Wildman–Crippen LogP) is 1.70. The van der Waals surface area contributed by atoms with E-state index in [9.17, 15) is 4.79 Å². The van der Waals surface area contributed by atoms with Gasteiger partial charge in [0.15, 0.2) is 0 Å². The van der Waals surface area contributed by atoms with E-state index in [-0.39, 0.29) is 5.56 Å². The molecule has 0 saturated carbocycles. The van der Waals surface area contributed by atoms with E-state index in [1.165, 1.54) is 13.2 Å². The van der Waals surface area contributed by atoms with E-state index in [1.807, 2.05) is 13.8 Å². The highest BCUT2D eigenvalue weighted by Crippen LogP contribution is 2.08. The largest absolute Gasteiger partial charge is 0.399 e. The zero-order valence-corrected chi connectivity index (χ0v) is 9.33. The molecule has 0 aliphatic heterocycles. The van der Waals surface area contributed by atoms with Crippen molar-refractivity contribution in [1.82, 2.24) is 4.98 Å². The highest BCUT2D eigenvalue weighted by atomic mass is 16.6. The molecule has 0 fully saturated rings. The Labute approximate surface area is 89.0 Å². The molecule has 0 radical (unpaired) electrons. The molecule has 0 saturated heterocycles. The van der Waals surface area contributed by atoms with Crippen molar-refractivity contribution in [1.29, 1.82) is 0 Å². The quantitative estimate of drug-likeness (QED) is 0.604. The second-order valence-corrected chi connectivity index (χ2v) is 3.14. The summed E-state index contributed by atoms with van der Waals surface area (Å²) < 4.78 is 0. The molecule has 1 heterocycles. The second kappa shape index (κ2) is 5.34. The number of aryl methyl sites for hydroxylation is 1. The Morgan fingerprint density at radius 1 is 1.47 bits per heavy atom. The van der Waals surface area contributed by atoms with Gasteiger partial charge in [0.05, 0.1) is 5.71 Å².